The molecule has 0 radical (unpaired) electrons. The average molecular weight is 344 g/mol. The first-order chi connectivity index (χ1) is 11.3. The molecule has 0 aromatic rings. The Hall–Kier alpha value is -0.460. The molecule has 2 N–H and O–H groups in total. The van der Waals surface area contributed by atoms with E-state index in [0.29, 0.717) is 25.4 Å². The van der Waals surface area contributed by atoms with Crippen LogP contribution < -0.4 is 10.6 Å². The molecule has 2 fully saturated rings. The molecular weight excluding hydrogens is 310 g/mol. The minimum atomic E-state index is 0.308. The summed E-state index contributed by atoms with van der Waals surface area (Å²) in [7, 11) is 1.84. The Balaban J connectivity index is 1.57. The lowest BCUT2D eigenvalue weighted by Crippen LogP contribution is -2.46. The molecule has 0 aromatic heterocycles. The number of ether oxygens (including phenoxy) is 2. The van der Waals surface area contributed by atoms with Crippen LogP contribution in [0.15, 0.2) is 4.99 Å². The van der Waals surface area contributed by atoms with E-state index in [2.05, 4.69) is 34.3 Å². The fourth-order valence-corrected chi connectivity index (χ4v) is 4.46. The van der Waals surface area contributed by atoms with E-state index >= 15 is 0 Å². The number of hydrogen-bond donors (Lipinski definition) is 2. The molecule has 23 heavy (non-hydrogen) atoms. The molecule has 1 aliphatic heterocycles. The van der Waals surface area contributed by atoms with Gasteiger partial charge in [-0.25, -0.2) is 0 Å². The Morgan fingerprint density at radius 1 is 1.30 bits per heavy atom. The van der Waals surface area contributed by atoms with E-state index in [1.807, 2.05) is 7.05 Å². The summed E-state index contributed by atoms with van der Waals surface area (Å²) in [6, 6.07) is 0.548. The zero-order valence-corrected chi connectivity index (χ0v) is 15.5. The van der Waals surface area contributed by atoms with E-state index in [-0.39, 0.29) is 0 Å². The van der Waals surface area contributed by atoms with Crippen LogP contribution in [0.4, 0.5) is 0 Å². The lowest BCUT2D eigenvalue weighted by molar-refractivity contribution is 0.0191. The highest BCUT2D eigenvalue weighted by Gasteiger charge is 2.22. The van der Waals surface area contributed by atoms with Gasteiger partial charge in [0.05, 0.1) is 19.3 Å². The Kier molecular flexibility index (Phi) is 9.15. The van der Waals surface area contributed by atoms with Gasteiger partial charge in [-0.15, -0.1) is 0 Å². The van der Waals surface area contributed by atoms with Crippen LogP contribution >= 0.6 is 11.8 Å². The molecule has 2 rings (SSSR count). The summed E-state index contributed by atoms with van der Waals surface area (Å²) >= 11 is 2.09. The van der Waals surface area contributed by atoms with Crippen molar-refractivity contribution in [2.24, 2.45) is 4.99 Å². The number of thioether (sulfide) groups is 1. The molecule has 134 valence electrons. The summed E-state index contributed by atoms with van der Waals surface area (Å²) in [5.74, 6) is 2.12. The lowest BCUT2D eigenvalue weighted by atomic mass is 9.95. The maximum atomic E-state index is 5.68. The van der Waals surface area contributed by atoms with E-state index in [0.717, 1.165) is 30.8 Å². The van der Waals surface area contributed by atoms with Crippen molar-refractivity contribution >= 4 is 17.7 Å². The number of guanidine groups is 1. The fraction of sp³-hybridized carbons (Fsp3) is 0.941. The summed E-state index contributed by atoms with van der Waals surface area (Å²) in [6.45, 7) is 5.33. The highest BCUT2D eigenvalue weighted by atomic mass is 32.2. The van der Waals surface area contributed by atoms with Gasteiger partial charge in [0.1, 0.15) is 0 Å². The smallest absolute Gasteiger partial charge is 0.191 e. The molecule has 0 spiro atoms. The molecule has 6 heteroatoms. The molecule has 1 aliphatic carbocycles. The van der Waals surface area contributed by atoms with Gasteiger partial charge in [-0.05, 0) is 37.9 Å². The third kappa shape index (κ3) is 7.31. The second-order valence-electron chi connectivity index (χ2n) is 6.29. The van der Waals surface area contributed by atoms with Crippen LogP contribution in [0.25, 0.3) is 0 Å². The van der Waals surface area contributed by atoms with E-state index in [4.69, 9.17) is 9.47 Å². The molecule has 1 saturated heterocycles. The molecular formula is C17H33N3O2S. The van der Waals surface area contributed by atoms with Gasteiger partial charge in [-0.1, -0.05) is 13.3 Å². The van der Waals surface area contributed by atoms with Gasteiger partial charge < -0.3 is 20.1 Å². The molecule has 0 aromatic carbocycles. The van der Waals surface area contributed by atoms with Crippen molar-refractivity contribution in [3.8, 4) is 0 Å². The van der Waals surface area contributed by atoms with Crippen LogP contribution in [0.1, 0.15) is 45.4 Å². The zero-order valence-electron chi connectivity index (χ0n) is 14.7. The number of hydrogen-bond acceptors (Lipinski definition) is 4. The highest BCUT2D eigenvalue weighted by Crippen LogP contribution is 2.28. The lowest BCUT2D eigenvalue weighted by Gasteiger charge is -2.30. The molecule has 3 atom stereocenters. The molecule has 1 saturated carbocycles. The monoisotopic (exact) mass is 343 g/mol. The van der Waals surface area contributed by atoms with Crippen molar-refractivity contribution in [1.29, 1.82) is 0 Å². The number of aliphatic imine (C=N–C) groups is 1. The van der Waals surface area contributed by atoms with E-state index in [1.54, 1.807) is 0 Å². The Bertz CT molecular complexity index is 347. The molecule has 1 heterocycles. The average Bonchev–Trinajstić information content (AvgIpc) is 3.07. The maximum absolute atomic E-state index is 5.68. The normalized spacial score (nSPS) is 28.8. The van der Waals surface area contributed by atoms with Crippen molar-refractivity contribution < 1.29 is 9.47 Å². The molecule has 0 bridgehead atoms. The summed E-state index contributed by atoms with van der Waals surface area (Å²) in [5.41, 5.74) is 0. The van der Waals surface area contributed by atoms with Crippen LogP contribution in [0.2, 0.25) is 0 Å². The Morgan fingerprint density at radius 3 is 2.96 bits per heavy atom. The molecule has 0 amide bonds. The van der Waals surface area contributed by atoms with Gasteiger partial charge >= 0.3 is 0 Å². The molecule has 3 unspecified atom stereocenters. The summed E-state index contributed by atoms with van der Waals surface area (Å²) in [6.07, 6.45) is 7.78. The SMILES string of the molecule is CCSC1CCCC(NC(=NC)NCCOCC2CCCO2)C1. The third-order valence-corrected chi connectivity index (χ3v) is 5.69. The Morgan fingerprint density at radius 2 is 2.22 bits per heavy atom. The second kappa shape index (κ2) is 11.2. The van der Waals surface area contributed by atoms with Gasteiger partial charge in [-0.3, -0.25) is 4.99 Å². The number of nitrogens with one attached hydrogen (secondary N) is 2. The predicted octanol–water partition coefficient (Wildman–Crippen LogP) is 2.41. The summed E-state index contributed by atoms with van der Waals surface area (Å²) in [4.78, 5) is 4.34. The number of rotatable bonds is 8. The highest BCUT2D eigenvalue weighted by molar-refractivity contribution is 7.99. The minimum absolute atomic E-state index is 0.308. The van der Waals surface area contributed by atoms with Crippen LogP contribution in [0, 0.1) is 0 Å². The van der Waals surface area contributed by atoms with Gasteiger partial charge in [-0.2, -0.15) is 11.8 Å². The van der Waals surface area contributed by atoms with E-state index in [9.17, 15) is 0 Å². The van der Waals surface area contributed by atoms with Gasteiger partial charge in [0.25, 0.3) is 0 Å². The van der Waals surface area contributed by atoms with Crippen molar-refractivity contribution in [2.45, 2.75) is 62.8 Å². The van der Waals surface area contributed by atoms with Crippen LogP contribution in [-0.4, -0.2) is 62.5 Å². The van der Waals surface area contributed by atoms with E-state index in [1.165, 1.54) is 37.9 Å². The van der Waals surface area contributed by atoms with Gasteiger partial charge in [0, 0.05) is 31.5 Å². The summed E-state index contributed by atoms with van der Waals surface area (Å²) in [5, 5.41) is 7.73. The second-order valence-corrected chi connectivity index (χ2v) is 7.87. The van der Waals surface area contributed by atoms with E-state index < -0.39 is 0 Å². The first-order valence-electron chi connectivity index (χ1n) is 9.10. The zero-order chi connectivity index (χ0) is 16.3. The Labute approximate surface area is 145 Å². The van der Waals surface area contributed by atoms with Crippen molar-refractivity contribution in [3.05, 3.63) is 0 Å². The standard InChI is InChI=1S/C17H33N3O2S/c1-3-23-16-8-4-6-14(12-16)20-17(18-2)19-9-11-21-13-15-7-5-10-22-15/h14-16H,3-13H2,1-2H3,(H2,18,19,20). The fourth-order valence-electron chi connectivity index (χ4n) is 3.28. The van der Waals surface area contributed by atoms with Gasteiger partial charge in [0.15, 0.2) is 5.96 Å². The largest absolute Gasteiger partial charge is 0.377 e. The topological polar surface area (TPSA) is 54.9 Å². The molecule has 2 aliphatic rings. The first-order valence-corrected chi connectivity index (χ1v) is 10.1. The summed E-state index contributed by atoms with van der Waals surface area (Å²) < 4.78 is 11.2. The minimum Gasteiger partial charge on any atom is -0.377 e. The number of nitrogens with zero attached hydrogens (tertiary/aromatic N) is 1. The van der Waals surface area contributed by atoms with Crippen molar-refractivity contribution in [1.82, 2.24) is 10.6 Å². The first kappa shape index (κ1) is 18.9. The maximum Gasteiger partial charge on any atom is 0.191 e. The van der Waals surface area contributed by atoms with Crippen molar-refractivity contribution in [2.75, 3.05) is 39.2 Å². The van der Waals surface area contributed by atoms with Crippen LogP contribution in [0.3, 0.4) is 0 Å². The van der Waals surface area contributed by atoms with Crippen molar-refractivity contribution in [3.63, 3.8) is 0 Å². The third-order valence-electron chi connectivity index (χ3n) is 4.46. The quantitative estimate of drug-likeness (QED) is 0.403. The van der Waals surface area contributed by atoms with Crippen LogP contribution in [-0.2, 0) is 9.47 Å². The predicted molar refractivity (Wildman–Crippen MR) is 98.5 cm³/mol. The molecule has 5 nitrogen and oxygen atoms in total. The van der Waals surface area contributed by atoms with Gasteiger partial charge in [0.2, 0.25) is 0 Å². The van der Waals surface area contributed by atoms with Crippen LogP contribution in [0.5, 0.6) is 0 Å².